The Kier molecular flexibility index (Phi) is 5.37. The molecule has 1 fully saturated rings. The first-order valence-corrected chi connectivity index (χ1v) is 9.38. The summed E-state index contributed by atoms with van der Waals surface area (Å²) in [4.78, 5) is 11.9. The van der Waals surface area contributed by atoms with Crippen LogP contribution in [0.4, 0.5) is 0 Å². The standard InChI is InChI=1S/C16H17Cl2N3O2S/c1-3-23-15(22)9(2)24-16-20-19-14(10-4-5-10)21(16)11-6-7-12(17)13(18)8-11/h6-10H,3-5H2,1-2H3. The molecule has 0 N–H and O–H groups in total. The van der Waals surface area contributed by atoms with Crippen molar-refractivity contribution in [2.75, 3.05) is 6.61 Å². The molecule has 1 aromatic heterocycles. The number of ether oxygens (including phenoxy) is 1. The summed E-state index contributed by atoms with van der Waals surface area (Å²) >= 11 is 13.5. The lowest BCUT2D eigenvalue weighted by Crippen LogP contribution is -2.17. The fraction of sp³-hybridized carbons (Fsp3) is 0.438. The van der Waals surface area contributed by atoms with Crippen LogP contribution < -0.4 is 0 Å². The number of carbonyl (C=O) groups is 1. The van der Waals surface area contributed by atoms with E-state index >= 15 is 0 Å². The minimum absolute atomic E-state index is 0.265. The Morgan fingerprint density at radius 1 is 1.38 bits per heavy atom. The van der Waals surface area contributed by atoms with Crippen LogP contribution in [-0.2, 0) is 9.53 Å². The molecule has 0 amide bonds. The van der Waals surface area contributed by atoms with E-state index in [1.807, 2.05) is 10.6 Å². The first kappa shape index (κ1) is 17.6. The zero-order chi connectivity index (χ0) is 17.3. The average Bonchev–Trinajstić information content (AvgIpc) is 3.31. The second kappa shape index (κ2) is 7.33. The van der Waals surface area contributed by atoms with E-state index in [-0.39, 0.29) is 11.2 Å². The third-order valence-electron chi connectivity index (χ3n) is 3.66. The van der Waals surface area contributed by atoms with Crippen molar-refractivity contribution in [3.63, 3.8) is 0 Å². The predicted octanol–water partition coefficient (Wildman–Crippen LogP) is 4.50. The number of benzene rings is 1. The van der Waals surface area contributed by atoms with Crippen molar-refractivity contribution >= 4 is 40.9 Å². The molecule has 128 valence electrons. The molecular formula is C16H17Cl2N3O2S. The smallest absolute Gasteiger partial charge is 0.319 e. The fourth-order valence-corrected chi connectivity index (χ4v) is 3.46. The highest BCUT2D eigenvalue weighted by Gasteiger charge is 2.32. The Labute approximate surface area is 154 Å². The molecule has 1 aliphatic rings. The summed E-state index contributed by atoms with van der Waals surface area (Å²) < 4.78 is 7.03. The highest BCUT2D eigenvalue weighted by atomic mass is 35.5. The van der Waals surface area contributed by atoms with E-state index in [0.717, 1.165) is 24.4 Å². The van der Waals surface area contributed by atoms with E-state index in [0.29, 0.717) is 27.7 Å². The van der Waals surface area contributed by atoms with E-state index in [4.69, 9.17) is 27.9 Å². The van der Waals surface area contributed by atoms with Gasteiger partial charge in [-0.05, 0) is 44.9 Å². The number of hydrogen-bond acceptors (Lipinski definition) is 5. The normalized spacial score (nSPS) is 15.3. The Bertz CT molecular complexity index is 762. The highest BCUT2D eigenvalue weighted by molar-refractivity contribution is 8.00. The predicted molar refractivity (Wildman–Crippen MR) is 95.3 cm³/mol. The van der Waals surface area contributed by atoms with Gasteiger partial charge in [-0.2, -0.15) is 0 Å². The van der Waals surface area contributed by atoms with Crippen molar-refractivity contribution < 1.29 is 9.53 Å². The van der Waals surface area contributed by atoms with Gasteiger partial charge in [-0.3, -0.25) is 9.36 Å². The maximum absolute atomic E-state index is 11.9. The van der Waals surface area contributed by atoms with Gasteiger partial charge in [0.15, 0.2) is 5.16 Å². The minimum atomic E-state index is -0.372. The topological polar surface area (TPSA) is 57.0 Å². The first-order valence-electron chi connectivity index (χ1n) is 7.75. The number of thioether (sulfide) groups is 1. The summed E-state index contributed by atoms with van der Waals surface area (Å²) in [6.45, 7) is 3.95. The summed E-state index contributed by atoms with van der Waals surface area (Å²) in [5.41, 5.74) is 0.842. The van der Waals surface area contributed by atoms with Crippen molar-refractivity contribution in [3.8, 4) is 5.69 Å². The second-order valence-electron chi connectivity index (χ2n) is 5.56. The SMILES string of the molecule is CCOC(=O)C(C)Sc1nnc(C2CC2)n1-c1ccc(Cl)c(Cl)c1. The number of carbonyl (C=O) groups excluding carboxylic acids is 1. The van der Waals surface area contributed by atoms with E-state index in [9.17, 15) is 4.79 Å². The number of esters is 1. The maximum Gasteiger partial charge on any atom is 0.319 e. The van der Waals surface area contributed by atoms with Crippen molar-refractivity contribution in [2.24, 2.45) is 0 Å². The van der Waals surface area contributed by atoms with Gasteiger partial charge in [-0.15, -0.1) is 10.2 Å². The lowest BCUT2D eigenvalue weighted by atomic mass is 10.3. The lowest BCUT2D eigenvalue weighted by Gasteiger charge is -2.13. The van der Waals surface area contributed by atoms with Gasteiger partial charge in [0.05, 0.1) is 22.3 Å². The van der Waals surface area contributed by atoms with E-state index in [1.54, 1.807) is 26.0 Å². The van der Waals surface area contributed by atoms with Gasteiger partial charge in [-0.25, -0.2) is 0 Å². The van der Waals surface area contributed by atoms with E-state index in [2.05, 4.69) is 10.2 Å². The second-order valence-corrected chi connectivity index (χ2v) is 7.68. The molecule has 0 saturated heterocycles. The first-order chi connectivity index (χ1) is 11.5. The molecular weight excluding hydrogens is 369 g/mol. The third-order valence-corrected chi connectivity index (χ3v) is 5.42. The molecule has 1 aliphatic carbocycles. The number of nitrogens with zero attached hydrogens (tertiary/aromatic N) is 3. The summed E-state index contributed by atoms with van der Waals surface area (Å²) in [5, 5.41) is 9.85. The van der Waals surface area contributed by atoms with Crippen molar-refractivity contribution in [3.05, 3.63) is 34.1 Å². The van der Waals surface area contributed by atoms with Crippen molar-refractivity contribution in [1.29, 1.82) is 0 Å². The zero-order valence-corrected chi connectivity index (χ0v) is 15.7. The van der Waals surface area contributed by atoms with Crippen molar-refractivity contribution in [2.45, 2.75) is 43.0 Å². The largest absolute Gasteiger partial charge is 0.465 e. The van der Waals surface area contributed by atoms with Crippen LogP contribution >= 0.6 is 35.0 Å². The Morgan fingerprint density at radius 3 is 2.75 bits per heavy atom. The third kappa shape index (κ3) is 3.71. The van der Waals surface area contributed by atoms with Gasteiger partial charge in [0.2, 0.25) is 0 Å². The van der Waals surface area contributed by atoms with Gasteiger partial charge in [-0.1, -0.05) is 35.0 Å². The van der Waals surface area contributed by atoms with Gasteiger partial charge in [0, 0.05) is 5.92 Å². The maximum atomic E-state index is 11.9. The number of halogens is 2. The van der Waals surface area contributed by atoms with E-state index in [1.165, 1.54) is 11.8 Å². The number of rotatable bonds is 6. The van der Waals surface area contributed by atoms with Crippen LogP contribution in [0.5, 0.6) is 0 Å². The Hall–Kier alpha value is -1.24. The summed E-state index contributed by atoms with van der Waals surface area (Å²) in [7, 11) is 0. The molecule has 1 heterocycles. The van der Waals surface area contributed by atoms with Crippen LogP contribution in [0.3, 0.4) is 0 Å². The minimum Gasteiger partial charge on any atom is -0.465 e. The molecule has 1 atom stereocenters. The fourth-order valence-electron chi connectivity index (χ4n) is 2.30. The summed E-state index contributed by atoms with van der Waals surface area (Å²) in [6.07, 6.45) is 2.19. The summed E-state index contributed by atoms with van der Waals surface area (Å²) in [5.74, 6) is 1.03. The molecule has 24 heavy (non-hydrogen) atoms. The molecule has 3 rings (SSSR count). The average molecular weight is 386 g/mol. The van der Waals surface area contributed by atoms with Crippen LogP contribution in [0.2, 0.25) is 10.0 Å². The Balaban J connectivity index is 1.95. The number of aromatic nitrogens is 3. The highest BCUT2D eigenvalue weighted by Crippen LogP contribution is 2.42. The lowest BCUT2D eigenvalue weighted by molar-refractivity contribution is -0.142. The molecule has 0 spiro atoms. The molecule has 0 aliphatic heterocycles. The molecule has 1 saturated carbocycles. The van der Waals surface area contributed by atoms with Crippen LogP contribution in [0.15, 0.2) is 23.4 Å². The van der Waals surface area contributed by atoms with Gasteiger partial charge in [0.1, 0.15) is 11.1 Å². The van der Waals surface area contributed by atoms with Crippen LogP contribution in [0, 0.1) is 0 Å². The molecule has 0 bridgehead atoms. The quantitative estimate of drug-likeness (QED) is 0.541. The molecule has 8 heteroatoms. The molecule has 5 nitrogen and oxygen atoms in total. The summed E-state index contributed by atoms with van der Waals surface area (Å²) in [6, 6.07) is 5.42. The van der Waals surface area contributed by atoms with Gasteiger partial charge in [0.25, 0.3) is 0 Å². The van der Waals surface area contributed by atoms with Crippen LogP contribution in [-0.4, -0.2) is 32.6 Å². The monoisotopic (exact) mass is 385 g/mol. The van der Waals surface area contributed by atoms with Gasteiger partial charge >= 0.3 is 5.97 Å². The molecule has 1 unspecified atom stereocenters. The van der Waals surface area contributed by atoms with Gasteiger partial charge < -0.3 is 4.74 Å². The zero-order valence-electron chi connectivity index (χ0n) is 13.3. The molecule has 2 aromatic rings. The molecule has 1 aromatic carbocycles. The number of hydrogen-bond donors (Lipinski definition) is 0. The molecule has 0 radical (unpaired) electrons. The van der Waals surface area contributed by atoms with E-state index < -0.39 is 0 Å². The van der Waals surface area contributed by atoms with Crippen LogP contribution in [0.1, 0.15) is 38.4 Å². The van der Waals surface area contributed by atoms with Crippen molar-refractivity contribution in [1.82, 2.24) is 14.8 Å². The Morgan fingerprint density at radius 2 is 2.12 bits per heavy atom. The van der Waals surface area contributed by atoms with Crippen LogP contribution in [0.25, 0.3) is 5.69 Å².